The summed E-state index contributed by atoms with van der Waals surface area (Å²) in [6, 6.07) is 1.55. The number of hydrogen-bond acceptors (Lipinski definition) is 6. The topological polar surface area (TPSA) is 65.1 Å². The van der Waals surface area contributed by atoms with E-state index in [1.54, 1.807) is 13.0 Å². The maximum absolute atomic E-state index is 14.2. The lowest BCUT2D eigenvalue weighted by molar-refractivity contribution is -0.145. The quantitative estimate of drug-likeness (QED) is 0.582. The van der Waals surface area contributed by atoms with Gasteiger partial charge in [0.1, 0.15) is 5.82 Å². The van der Waals surface area contributed by atoms with Crippen molar-refractivity contribution < 1.29 is 32.4 Å². The van der Waals surface area contributed by atoms with E-state index in [4.69, 9.17) is 14.0 Å². The van der Waals surface area contributed by atoms with Gasteiger partial charge < -0.3 is 14.0 Å². The summed E-state index contributed by atoms with van der Waals surface area (Å²) in [4.78, 5) is 25.1. The molecule has 1 atom stereocenters. The lowest BCUT2D eigenvalue weighted by atomic mass is 9.77. The molecule has 134 valence electrons. The predicted molar refractivity (Wildman–Crippen MR) is 86.3 cm³/mol. The number of nitrogens with zero attached hydrogens (tertiary/aromatic N) is 1. The van der Waals surface area contributed by atoms with Gasteiger partial charge in [0.15, 0.2) is 11.6 Å². The van der Waals surface area contributed by atoms with Crippen molar-refractivity contribution in [2.75, 3.05) is 20.1 Å². The highest BCUT2D eigenvalue weighted by atomic mass is 19.1. The van der Waals surface area contributed by atoms with E-state index in [0.717, 1.165) is 6.07 Å². The second-order valence-corrected chi connectivity index (χ2v) is 5.74. The summed E-state index contributed by atoms with van der Waals surface area (Å²) in [5, 5.41) is 0. The minimum atomic E-state index is -1.59. The van der Waals surface area contributed by atoms with Crippen LogP contribution in [0.2, 0.25) is 0 Å². The lowest BCUT2D eigenvalue weighted by Gasteiger charge is -2.24. The lowest BCUT2D eigenvalue weighted by Crippen LogP contribution is -2.48. The van der Waals surface area contributed by atoms with Gasteiger partial charge in [-0.25, -0.2) is 8.78 Å². The van der Waals surface area contributed by atoms with Crippen LogP contribution in [0.4, 0.5) is 8.78 Å². The number of carbonyl (C=O) groups excluding carboxylic acids is 2. The van der Waals surface area contributed by atoms with E-state index in [2.05, 4.69) is 6.58 Å². The summed E-state index contributed by atoms with van der Waals surface area (Å²) in [6.07, 6.45) is 1.52. The molecule has 0 aromatic heterocycles. The molecule has 9 heteroatoms. The fourth-order valence-electron chi connectivity index (χ4n) is 2.32. The van der Waals surface area contributed by atoms with E-state index in [0.29, 0.717) is 12.5 Å². The van der Waals surface area contributed by atoms with Crippen LogP contribution in [0.25, 0.3) is 0 Å². The third-order valence-corrected chi connectivity index (χ3v) is 3.38. The Kier molecular flexibility index (Phi) is 6.14. The van der Waals surface area contributed by atoms with Crippen LogP contribution in [0.1, 0.15) is 13.3 Å². The highest BCUT2D eigenvalue weighted by Gasteiger charge is 2.38. The van der Waals surface area contributed by atoms with Crippen molar-refractivity contribution in [1.29, 1.82) is 0 Å². The molecule has 1 aromatic rings. The van der Waals surface area contributed by atoms with E-state index >= 15 is 0 Å². The highest BCUT2D eigenvalue weighted by Crippen LogP contribution is 2.20. The molecule has 1 aliphatic heterocycles. The maximum atomic E-state index is 14.2. The Hall–Kier alpha value is -2.42. The normalized spacial score (nSPS) is 17.2. The minimum absolute atomic E-state index is 0.160. The van der Waals surface area contributed by atoms with Gasteiger partial charge in [-0.1, -0.05) is 6.08 Å². The third-order valence-electron chi connectivity index (χ3n) is 3.38. The Labute approximate surface area is 144 Å². The zero-order chi connectivity index (χ0) is 18.6. The molecular weight excluding hydrogens is 335 g/mol. The highest BCUT2D eigenvalue weighted by molar-refractivity contribution is 6.65. The van der Waals surface area contributed by atoms with Crippen molar-refractivity contribution in [2.24, 2.45) is 0 Å². The molecule has 0 N–H and O–H groups in total. The van der Waals surface area contributed by atoms with Gasteiger partial charge in [-0.3, -0.25) is 14.5 Å². The van der Waals surface area contributed by atoms with Crippen LogP contribution in [0, 0.1) is 11.6 Å². The van der Waals surface area contributed by atoms with E-state index < -0.39 is 36.8 Å². The Bertz CT molecular complexity index is 665. The van der Waals surface area contributed by atoms with Crippen molar-refractivity contribution in [1.82, 2.24) is 4.90 Å². The van der Waals surface area contributed by atoms with Gasteiger partial charge in [-0.15, -0.1) is 6.58 Å². The monoisotopic (exact) mass is 353 g/mol. The number of carbonyl (C=O) groups is 2. The van der Waals surface area contributed by atoms with Gasteiger partial charge in [0.05, 0.1) is 24.7 Å². The van der Waals surface area contributed by atoms with Gasteiger partial charge in [0.25, 0.3) is 0 Å². The zero-order valence-corrected chi connectivity index (χ0v) is 14.0. The van der Waals surface area contributed by atoms with Crippen molar-refractivity contribution in [3.63, 3.8) is 0 Å². The first-order chi connectivity index (χ1) is 11.8. The number of benzene rings is 1. The minimum Gasteiger partial charge on any atom is -0.494 e. The molecule has 1 aromatic carbocycles. The molecule has 25 heavy (non-hydrogen) atoms. The predicted octanol–water partition coefficient (Wildman–Crippen LogP) is 1.04. The van der Waals surface area contributed by atoms with Crippen molar-refractivity contribution in [3.05, 3.63) is 36.4 Å². The molecule has 0 bridgehead atoms. The standard InChI is InChI=1S/C16H18BF2NO5/c1-4-5-10(2)23-16-12(6-11(18)7-13(16)19)17-24-14(21)8-20(3)9-15(22)25-17/h4,6-7,10H,1,5,8-9H2,2-3H3/t10-/m0/s1. The molecule has 1 saturated heterocycles. The maximum Gasteiger partial charge on any atom is 0.640 e. The first-order valence-corrected chi connectivity index (χ1v) is 7.64. The summed E-state index contributed by atoms with van der Waals surface area (Å²) in [7, 11) is -0.0548. The second kappa shape index (κ2) is 8.11. The summed E-state index contributed by atoms with van der Waals surface area (Å²) in [5.41, 5.74) is -0.209. The molecule has 0 amide bonds. The average Bonchev–Trinajstić information content (AvgIpc) is 2.47. The molecule has 0 unspecified atom stereocenters. The molecular formula is C16H18BF2NO5. The Balaban J connectivity index is 2.39. The van der Waals surface area contributed by atoms with E-state index in [1.165, 1.54) is 11.9 Å². The van der Waals surface area contributed by atoms with Crippen LogP contribution in [0.15, 0.2) is 24.8 Å². The smallest absolute Gasteiger partial charge is 0.494 e. The fraction of sp³-hybridized carbons (Fsp3) is 0.375. The van der Waals surface area contributed by atoms with Crippen LogP contribution >= 0.6 is 0 Å². The number of hydrogen-bond donors (Lipinski definition) is 0. The largest absolute Gasteiger partial charge is 0.640 e. The average molecular weight is 353 g/mol. The summed E-state index contributed by atoms with van der Waals surface area (Å²) >= 11 is 0. The van der Waals surface area contributed by atoms with Gasteiger partial charge in [-0.05, 0) is 20.0 Å². The summed E-state index contributed by atoms with van der Waals surface area (Å²) < 4.78 is 43.5. The van der Waals surface area contributed by atoms with Crippen molar-refractivity contribution in [3.8, 4) is 5.75 Å². The SMILES string of the molecule is C=CC[C@H](C)Oc1c(F)cc(F)cc1B1OC(=O)CN(C)CC(=O)O1. The van der Waals surface area contributed by atoms with Crippen LogP contribution in [-0.2, 0) is 18.9 Å². The Morgan fingerprint density at radius 3 is 2.48 bits per heavy atom. The molecule has 0 radical (unpaired) electrons. The molecule has 0 aliphatic carbocycles. The van der Waals surface area contributed by atoms with Crippen LogP contribution < -0.4 is 10.2 Å². The van der Waals surface area contributed by atoms with Gasteiger partial charge in [0, 0.05) is 12.5 Å². The Morgan fingerprint density at radius 1 is 1.32 bits per heavy atom. The van der Waals surface area contributed by atoms with Crippen LogP contribution in [0.3, 0.4) is 0 Å². The van der Waals surface area contributed by atoms with Crippen LogP contribution in [0.5, 0.6) is 5.75 Å². The van der Waals surface area contributed by atoms with Gasteiger partial charge in [0.2, 0.25) is 0 Å². The first-order valence-electron chi connectivity index (χ1n) is 7.64. The molecule has 1 fully saturated rings. The van der Waals surface area contributed by atoms with E-state index in [1.807, 2.05) is 0 Å². The number of rotatable bonds is 5. The molecule has 0 spiro atoms. The van der Waals surface area contributed by atoms with Crippen molar-refractivity contribution >= 4 is 24.5 Å². The number of ether oxygens (including phenoxy) is 1. The molecule has 1 heterocycles. The number of halogens is 2. The van der Waals surface area contributed by atoms with Crippen molar-refractivity contribution in [2.45, 2.75) is 19.4 Å². The van der Waals surface area contributed by atoms with E-state index in [9.17, 15) is 18.4 Å². The zero-order valence-electron chi connectivity index (χ0n) is 14.0. The molecule has 6 nitrogen and oxygen atoms in total. The first kappa shape index (κ1) is 18.9. The van der Waals surface area contributed by atoms with Gasteiger partial charge >= 0.3 is 19.1 Å². The second-order valence-electron chi connectivity index (χ2n) is 5.74. The Morgan fingerprint density at radius 2 is 1.92 bits per heavy atom. The van der Waals surface area contributed by atoms with Gasteiger partial charge in [-0.2, -0.15) is 0 Å². The van der Waals surface area contributed by atoms with Crippen LogP contribution in [-0.4, -0.2) is 50.2 Å². The molecule has 0 saturated carbocycles. The summed E-state index contributed by atoms with van der Waals surface area (Å²) in [6.45, 7) is 4.91. The van der Waals surface area contributed by atoms with E-state index in [-0.39, 0.29) is 24.3 Å². The molecule has 2 rings (SSSR count). The third kappa shape index (κ3) is 5.03. The summed E-state index contributed by atoms with van der Waals surface area (Å²) in [5.74, 6) is -3.64. The molecule has 1 aliphatic rings. The fourth-order valence-corrected chi connectivity index (χ4v) is 2.32. The number of likely N-dealkylation sites (N-methyl/N-ethyl adjacent to an activating group) is 1.